The van der Waals surface area contributed by atoms with Crippen LogP contribution < -0.4 is 5.32 Å². The Labute approximate surface area is 134 Å². The maximum atomic E-state index is 11.8. The molecule has 22 heavy (non-hydrogen) atoms. The molecular weight excluding hydrogens is 298 g/mol. The summed E-state index contributed by atoms with van der Waals surface area (Å²) >= 11 is 1.57. The second-order valence-electron chi connectivity index (χ2n) is 4.95. The van der Waals surface area contributed by atoms with E-state index in [4.69, 9.17) is 0 Å². The summed E-state index contributed by atoms with van der Waals surface area (Å²) in [6, 6.07) is 8.20. The van der Waals surface area contributed by atoms with Crippen molar-refractivity contribution in [3.05, 3.63) is 47.3 Å². The van der Waals surface area contributed by atoms with E-state index in [2.05, 4.69) is 29.4 Å². The van der Waals surface area contributed by atoms with Crippen LogP contribution in [0, 0.1) is 6.92 Å². The first kappa shape index (κ1) is 16.6. The first-order valence-electron chi connectivity index (χ1n) is 7.25. The number of likely N-dealkylation sites (N-methyl/N-ethyl adjacent to an activating group) is 1. The van der Waals surface area contributed by atoms with Crippen LogP contribution in [0.4, 0.5) is 0 Å². The van der Waals surface area contributed by atoms with E-state index >= 15 is 0 Å². The van der Waals surface area contributed by atoms with Crippen LogP contribution in [0.15, 0.2) is 35.6 Å². The van der Waals surface area contributed by atoms with Gasteiger partial charge in [-0.1, -0.05) is 36.0 Å². The summed E-state index contributed by atoms with van der Waals surface area (Å²) in [6.45, 7) is 4.60. The SMILES string of the molecule is CCNC(=O)Cn1c(CO)cnc1SCc1ccccc1C. The van der Waals surface area contributed by atoms with Crippen LogP contribution in [-0.2, 0) is 23.7 Å². The minimum absolute atomic E-state index is 0.0760. The molecular formula is C16H21N3O2S. The van der Waals surface area contributed by atoms with Crippen LogP contribution in [0.2, 0.25) is 0 Å². The molecule has 0 aliphatic rings. The third kappa shape index (κ3) is 4.11. The van der Waals surface area contributed by atoms with E-state index in [-0.39, 0.29) is 19.1 Å². The smallest absolute Gasteiger partial charge is 0.240 e. The van der Waals surface area contributed by atoms with Gasteiger partial charge in [-0.25, -0.2) is 4.98 Å². The zero-order valence-corrected chi connectivity index (χ0v) is 13.7. The van der Waals surface area contributed by atoms with Gasteiger partial charge in [0, 0.05) is 12.3 Å². The van der Waals surface area contributed by atoms with E-state index in [1.807, 2.05) is 19.1 Å². The average Bonchev–Trinajstić information content (AvgIpc) is 2.88. The number of nitrogens with one attached hydrogen (secondary N) is 1. The van der Waals surface area contributed by atoms with Crippen molar-refractivity contribution < 1.29 is 9.90 Å². The van der Waals surface area contributed by atoms with Crippen molar-refractivity contribution in [3.63, 3.8) is 0 Å². The maximum absolute atomic E-state index is 11.8. The fourth-order valence-corrected chi connectivity index (χ4v) is 3.19. The minimum atomic E-state index is -0.128. The molecule has 0 saturated carbocycles. The number of imidazole rings is 1. The van der Waals surface area contributed by atoms with Gasteiger partial charge in [-0.3, -0.25) is 4.79 Å². The minimum Gasteiger partial charge on any atom is -0.390 e. The quantitative estimate of drug-likeness (QED) is 0.767. The van der Waals surface area contributed by atoms with Crippen LogP contribution in [-0.4, -0.2) is 27.1 Å². The molecule has 5 nitrogen and oxygen atoms in total. The Morgan fingerprint density at radius 1 is 1.41 bits per heavy atom. The fraction of sp³-hybridized carbons (Fsp3) is 0.375. The topological polar surface area (TPSA) is 67.2 Å². The number of amides is 1. The first-order valence-corrected chi connectivity index (χ1v) is 8.23. The Morgan fingerprint density at radius 2 is 2.18 bits per heavy atom. The van der Waals surface area contributed by atoms with Gasteiger partial charge in [0.15, 0.2) is 5.16 Å². The van der Waals surface area contributed by atoms with Gasteiger partial charge in [-0.05, 0) is 25.0 Å². The number of aliphatic hydroxyl groups excluding tert-OH is 1. The number of aryl methyl sites for hydroxylation is 1. The van der Waals surface area contributed by atoms with Crippen molar-refractivity contribution in [3.8, 4) is 0 Å². The van der Waals surface area contributed by atoms with Gasteiger partial charge in [0.2, 0.25) is 5.91 Å². The van der Waals surface area contributed by atoms with Gasteiger partial charge < -0.3 is 15.0 Å². The first-order chi connectivity index (χ1) is 10.7. The predicted molar refractivity (Wildman–Crippen MR) is 87.6 cm³/mol. The molecule has 118 valence electrons. The highest BCUT2D eigenvalue weighted by molar-refractivity contribution is 7.98. The Hall–Kier alpha value is -1.79. The highest BCUT2D eigenvalue weighted by Crippen LogP contribution is 2.24. The molecule has 0 radical (unpaired) electrons. The molecule has 2 N–H and O–H groups in total. The van der Waals surface area contributed by atoms with Crippen molar-refractivity contribution >= 4 is 17.7 Å². The largest absolute Gasteiger partial charge is 0.390 e. The maximum Gasteiger partial charge on any atom is 0.240 e. The van der Waals surface area contributed by atoms with Crippen molar-refractivity contribution in [1.29, 1.82) is 0 Å². The molecule has 0 spiro atoms. The number of rotatable bonds is 7. The van der Waals surface area contributed by atoms with Crippen molar-refractivity contribution in [2.75, 3.05) is 6.54 Å². The standard InChI is InChI=1S/C16H21N3O2S/c1-3-17-15(21)9-19-14(10-20)8-18-16(19)22-11-13-7-5-4-6-12(13)2/h4-8,20H,3,9-11H2,1-2H3,(H,17,21). The predicted octanol–water partition coefficient (Wildman–Crippen LogP) is 2.11. The van der Waals surface area contributed by atoms with Gasteiger partial charge >= 0.3 is 0 Å². The summed E-state index contributed by atoms with van der Waals surface area (Å²) < 4.78 is 1.77. The van der Waals surface area contributed by atoms with Gasteiger partial charge in [-0.2, -0.15) is 0 Å². The summed E-state index contributed by atoms with van der Waals surface area (Å²) in [7, 11) is 0. The number of nitrogens with zero attached hydrogens (tertiary/aromatic N) is 2. The molecule has 1 aromatic carbocycles. The molecule has 0 fully saturated rings. The van der Waals surface area contributed by atoms with Gasteiger partial charge in [0.25, 0.3) is 0 Å². The zero-order chi connectivity index (χ0) is 15.9. The summed E-state index contributed by atoms with van der Waals surface area (Å²) in [6.07, 6.45) is 1.62. The van der Waals surface area contributed by atoms with E-state index in [1.165, 1.54) is 11.1 Å². The Balaban J connectivity index is 2.12. The van der Waals surface area contributed by atoms with Crippen molar-refractivity contribution in [2.45, 2.75) is 37.9 Å². The number of thioether (sulfide) groups is 1. The molecule has 1 heterocycles. The lowest BCUT2D eigenvalue weighted by Crippen LogP contribution is -2.28. The Morgan fingerprint density at radius 3 is 2.86 bits per heavy atom. The molecule has 0 atom stereocenters. The summed E-state index contributed by atoms with van der Waals surface area (Å²) in [4.78, 5) is 16.1. The second-order valence-corrected chi connectivity index (χ2v) is 5.89. The van der Waals surface area contributed by atoms with Crippen LogP contribution in [0.5, 0.6) is 0 Å². The summed E-state index contributed by atoms with van der Waals surface area (Å²) in [5, 5.41) is 12.9. The molecule has 0 bridgehead atoms. The van der Waals surface area contributed by atoms with Crippen LogP contribution in [0.25, 0.3) is 0 Å². The zero-order valence-electron chi connectivity index (χ0n) is 12.9. The number of aromatic nitrogens is 2. The molecule has 0 unspecified atom stereocenters. The number of benzene rings is 1. The third-order valence-corrected chi connectivity index (χ3v) is 4.40. The number of hydrogen-bond acceptors (Lipinski definition) is 4. The van der Waals surface area contributed by atoms with Gasteiger partial charge in [0.1, 0.15) is 6.54 Å². The molecule has 6 heteroatoms. The van der Waals surface area contributed by atoms with Gasteiger partial charge in [-0.15, -0.1) is 0 Å². The highest BCUT2D eigenvalue weighted by atomic mass is 32.2. The number of carbonyl (C=O) groups is 1. The van der Waals surface area contributed by atoms with Crippen LogP contribution in [0.3, 0.4) is 0 Å². The van der Waals surface area contributed by atoms with E-state index in [9.17, 15) is 9.90 Å². The third-order valence-electron chi connectivity index (χ3n) is 3.36. The lowest BCUT2D eigenvalue weighted by atomic mass is 10.1. The lowest BCUT2D eigenvalue weighted by molar-refractivity contribution is -0.121. The monoisotopic (exact) mass is 319 g/mol. The molecule has 1 aromatic heterocycles. The van der Waals surface area contributed by atoms with Crippen LogP contribution in [0.1, 0.15) is 23.7 Å². The highest BCUT2D eigenvalue weighted by Gasteiger charge is 2.13. The number of hydrogen-bond donors (Lipinski definition) is 2. The summed E-state index contributed by atoms with van der Waals surface area (Å²) in [5.41, 5.74) is 3.13. The van der Waals surface area contributed by atoms with Crippen molar-refractivity contribution in [2.24, 2.45) is 0 Å². The van der Waals surface area contributed by atoms with E-state index in [0.29, 0.717) is 12.2 Å². The molecule has 0 aliphatic carbocycles. The number of carbonyl (C=O) groups excluding carboxylic acids is 1. The van der Waals surface area contributed by atoms with E-state index in [1.54, 1.807) is 22.5 Å². The molecule has 0 aliphatic heterocycles. The number of aliphatic hydroxyl groups is 1. The summed E-state index contributed by atoms with van der Waals surface area (Å²) in [5.74, 6) is 0.706. The molecule has 2 rings (SSSR count). The van der Waals surface area contributed by atoms with Gasteiger partial charge in [0.05, 0.1) is 18.5 Å². The normalized spacial score (nSPS) is 10.7. The molecule has 1 amide bonds. The second kappa shape index (κ2) is 8.00. The Bertz CT molecular complexity index is 640. The molecule has 0 saturated heterocycles. The van der Waals surface area contributed by atoms with Crippen LogP contribution >= 0.6 is 11.8 Å². The van der Waals surface area contributed by atoms with Crippen molar-refractivity contribution in [1.82, 2.24) is 14.9 Å². The van der Waals surface area contributed by atoms with E-state index < -0.39 is 0 Å². The lowest BCUT2D eigenvalue weighted by Gasteiger charge is -2.11. The fourth-order valence-electron chi connectivity index (χ4n) is 2.11. The Kier molecular flexibility index (Phi) is 6.03. The average molecular weight is 319 g/mol. The van der Waals surface area contributed by atoms with E-state index in [0.717, 1.165) is 10.9 Å². The molecule has 2 aromatic rings.